The number of methoxy groups -OCH3 is 1. The molecule has 0 atom stereocenters. The molecular weight excluding hydrogens is 436 g/mol. The van der Waals surface area contributed by atoms with Crippen molar-refractivity contribution < 1.29 is 14.6 Å². The summed E-state index contributed by atoms with van der Waals surface area (Å²) in [5.41, 5.74) is 4.93. The number of halogens is 1. The van der Waals surface area contributed by atoms with Crippen molar-refractivity contribution in [3.63, 3.8) is 0 Å². The lowest BCUT2D eigenvalue weighted by atomic mass is 10.1. The number of nitrogens with zero attached hydrogens (tertiary/aromatic N) is 1. The number of carbonyl (C=O) groups is 1. The highest BCUT2D eigenvalue weighted by atomic mass is 35.5. The molecule has 0 amide bonds. The van der Waals surface area contributed by atoms with Gasteiger partial charge in [0.25, 0.3) is 0 Å². The van der Waals surface area contributed by atoms with E-state index in [0.29, 0.717) is 19.6 Å². The molecule has 0 saturated heterocycles. The van der Waals surface area contributed by atoms with Gasteiger partial charge in [-0.2, -0.15) is 0 Å². The number of aromatic nitrogens is 1. The molecule has 1 heterocycles. The summed E-state index contributed by atoms with van der Waals surface area (Å²) in [7, 11) is 1.62. The molecule has 0 radical (unpaired) electrons. The summed E-state index contributed by atoms with van der Waals surface area (Å²) in [4.78, 5) is 12.3. The van der Waals surface area contributed by atoms with Crippen molar-refractivity contribution in [3.8, 4) is 5.75 Å². The second-order valence-corrected chi connectivity index (χ2v) is 8.49. The monoisotopic (exact) mass is 461 g/mol. The van der Waals surface area contributed by atoms with Crippen LogP contribution >= 0.6 is 11.6 Å². The molecule has 0 bridgehead atoms. The van der Waals surface area contributed by atoms with Crippen molar-refractivity contribution in [1.29, 1.82) is 0 Å². The van der Waals surface area contributed by atoms with Crippen molar-refractivity contribution in [2.45, 2.75) is 26.4 Å². The molecular formula is C27H26ClN2O3-. The van der Waals surface area contributed by atoms with Gasteiger partial charge in [-0.25, -0.2) is 0 Å². The number of fused-ring (bicyclic) bond motifs is 1. The van der Waals surface area contributed by atoms with Crippen LogP contribution < -0.4 is 15.2 Å². The average Bonchev–Trinajstić information content (AvgIpc) is 3.11. The third-order valence-corrected chi connectivity index (χ3v) is 6.22. The van der Waals surface area contributed by atoms with Crippen LogP contribution in [0.5, 0.6) is 5.75 Å². The quantitative estimate of drug-likeness (QED) is 0.376. The van der Waals surface area contributed by atoms with Gasteiger partial charge in [0.2, 0.25) is 0 Å². The van der Waals surface area contributed by atoms with Gasteiger partial charge in [0.15, 0.2) is 0 Å². The molecule has 4 rings (SSSR count). The highest BCUT2D eigenvalue weighted by Crippen LogP contribution is 2.29. The lowest BCUT2D eigenvalue weighted by Gasteiger charge is -2.14. The number of benzene rings is 3. The van der Waals surface area contributed by atoms with Gasteiger partial charge in [0, 0.05) is 34.6 Å². The normalized spacial score (nSPS) is 11.1. The Kier molecular flexibility index (Phi) is 7.02. The van der Waals surface area contributed by atoms with Crippen LogP contribution in [0, 0.1) is 6.92 Å². The molecule has 4 aromatic rings. The lowest BCUT2D eigenvalue weighted by Crippen LogP contribution is -2.28. The Hall–Kier alpha value is -3.28. The molecule has 5 nitrogen and oxygen atoms in total. The summed E-state index contributed by atoms with van der Waals surface area (Å²) in [5.74, 6) is -0.421. The zero-order valence-corrected chi connectivity index (χ0v) is 19.5. The van der Waals surface area contributed by atoms with Crippen LogP contribution in [0.3, 0.4) is 0 Å². The second kappa shape index (κ2) is 10.1. The molecule has 170 valence electrons. The smallest absolute Gasteiger partial charge is 0.118 e. The Balaban J connectivity index is 1.64. The summed E-state index contributed by atoms with van der Waals surface area (Å²) >= 11 is 6.25. The predicted molar refractivity (Wildman–Crippen MR) is 130 cm³/mol. The van der Waals surface area contributed by atoms with E-state index in [0.717, 1.165) is 50.3 Å². The van der Waals surface area contributed by atoms with Crippen LogP contribution in [0.25, 0.3) is 10.9 Å². The van der Waals surface area contributed by atoms with Crippen molar-refractivity contribution in [3.05, 3.63) is 99.7 Å². The minimum absolute atomic E-state index is 0.205. The minimum atomic E-state index is -1.18. The number of aryl methyl sites for hydroxylation is 1. The number of rotatable bonds is 9. The maximum absolute atomic E-state index is 12.3. The summed E-state index contributed by atoms with van der Waals surface area (Å²) in [6.07, 6.45) is 0.754. The molecule has 0 aliphatic rings. The first-order valence-electron chi connectivity index (χ1n) is 10.9. The molecule has 1 aromatic heterocycles. The Morgan fingerprint density at radius 1 is 1.09 bits per heavy atom. The number of carbonyl (C=O) groups excluding carboxylic acids is 1. The standard InChI is InChI=1S/C27H27ClN2O3/c1-18-7-12-22-23(16-29-14-13-20-5-3-4-6-24(20)28)26(27(31)32)30(25(22)15-18)17-19-8-10-21(33-2)11-9-19/h3-12,15,29H,13-14,16-17H2,1-2H3,(H,31,32)/p-1. The van der Waals surface area contributed by atoms with Gasteiger partial charge >= 0.3 is 0 Å². The molecule has 3 aromatic carbocycles. The van der Waals surface area contributed by atoms with Crippen molar-refractivity contribution >= 4 is 28.5 Å². The molecule has 0 spiro atoms. The number of hydrogen-bond acceptors (Lipinski definition) is 4. The van der Waals surface area contributed by atoms with E-state index < -0.39 is 5.97 Å². The van der Waals surface area contributed by atoms with Crippen LogP contribution in [-0.2, 0) is 19.5 Å². The van der Waals surface area contributed by atoms with Gasteiger partial charge in [-0.05, 0) is 60.8 Å². The molecule has 6 heteroatoms. The number of hydrogen-bond donors (Lipinski definition) is 1. The molecule has 1 N–H and O–H groups in total. The van der Waals surface area contributed by atoms with E-state index in [-0.39, 0.29) is 5.69 Å². The van der Waals surface area contributed by atoms with E-state index in [1.54, 1.807) is 7.11 Å². The fourth-order valence-electron chi connectivity index (χ4n) is 4.16. The summed E-state index contributed by atoms with van der Waals surface area (Å²) in [5, 5.41) is 17.3. The minimum Gasteiger partial charge on any atom is -0.543 e. The van der Waals surface area contributed by atoms with Crippen LogP contribution in [0.2, 0.25) is 5.02 Å². The molecule has 33 heavy (non-hydrogen) atoms. The third-order valence-electron chi connectivity index (χ3n) is 5.85. The summed E-state index contributed by atoms with van der Waals surface area (Å²) in [6.45, 7) is 3.52. The maximum atomic E-state index is 12.3. The Bertz CT molecular complexity index is 1280. The second-order valence-electron chi connectivity index (χ2n) is 8.09. The highest BCUT2D eigenvalue weighted by molar-refractivity contribution is 6.31. The molecule has 0 aliphatic carbocycles. The largest absolute Gasteiger partial charge is 0.543 e. The summed E-state index contributed by atoms with van der Waals surface area (Å²) < 4.78 is 7.08. The zero-order valence-electron chi connectivity index (χ0n) is 18.7. The topological polar surface area (TPSA) is 66.3 Å². The predicted octanol–water partition coefficient (Wildman–Crippen LogP) is 4.36. The van der Waals surface area contributed by atoms with Gasteiger partial charge < -0.3 is 24.5 Å². The number of carboxylic acids is 1. The molecule has 0 saturated carbocycles. The summed E-state index contributed by atoms with van der Waals surface area (Å²) in [6, 6.07) is 21.4. The van der Waals surface area contributed by atoms with E-state index in [1.165, 1.54) is 0 Å². The average molecular weight is 462 g/mol. The maximum Gasteiger partial charge on any atom is 0.118 e. The zero-order chi connectivity index (χ0) is 23.4. The van der Waals surface area contributed by atoms with Crippen LogP contribution in [0.4, 0.5) is 0 Å². The van der Waals surface area contributed by atoms with Crippen LogP contribution in [0.15, 0.2) is 66.7 Å². The molecule has 0 fully saturated rings. The Morgan fingerprint density at radius 2 is 1.85 bits per heavy atom. The Labute approximate surface area is 198 Å². The third kappa shape index (κ3) is 5.05. The van der Waals surface area contributed by atoms with E-state index in [2.05, 4.69) is 5.32 Å². The first-order valence-corrected chi connectivity index (χ1v) is 11.3. The van der Waals surface area contributed by atoms with Crippen molar-refractivity contribution in [1.82, 2.24) is 9.88 Å². The number of aromatic carboxylic acids is 1. The van der Waals surface area contributed by atoms with Gasteiger partial charge in [-0.1, -0.05) is 54.1 Å². The highest BCUT2D eigenvalue weighted by Gasteiger charge is 2.18. The first-order chi connectivity index (χ1) is 16.0. The van der Waals surface area contributed by atoms with Gasteiger partial charge in [-0.3, -0.25) is 0 Å². The van der Waals surface area contributed by atoms with Crippen LogP contribution in [-0.4, -0.2) is 24.2 Å². The Morgan fingerprint density at radius 3 is 2.55 bits per heavy atom. The number of ether oxygens (including phenoxy) is 1. The van der Waals surface area contributed by atoms with Gasteiger partial charge in [0.05, 0.1) is 18.8 Å². The SMILES string of the molecule is COc1ccc(Cn2c(C(=O)[O-])c(CNCCc3ccccc3Cl)c3ccc(C)cc32)cc1. The molecule has 0 unspecified atom stereocenters. The van der Waals surface area contributed by atoms with E-state index >= 15 is 0 Å². The van der Waals surface area contributed by atoms with Crippen LogP contribution in [0.1, 0.15) is 32.7 Å². The van der Waals surface area contributed by atoms with E-state index in [4.69, 9.17) is 16.3 Å². The first kappa shape index (κ1) is 22.9. The molecule has 0 aliphatic heterocycles. The number of nitrogens with one attached hydrogen (secondary N) is 1. The van der Waals surface area contributed by atoms with Gasteiger partial charge in [-0.15, -0.1) is 0 Å². The number of carboxylic acid groups (broad SMARTS) is 1. The van der Waals surface area contributed by atoms with E-state index in [9.17, 15) is 9.90 Å². The van der Waals surface area contributed by atoms with Gasteiger partial charge in [0.1, 0.15) is 5.75 Å². The van der Waals surface area contributed by atoms with Crippen molar-refractivity contribution in [2.75, 3.05) is 13.7 Å². The van der Waals surface area contributed by atoms with Crippen molar-refractivity contribution in [2.24, 2.45) is 0 Å². The lowest BCUT2D eigenvalue weighted by molar-refractivity contribution is -0.255. The fourth-order valence-corrected chi connectivity index (χ4v) is 4.39. The van der Waals surface area contributed by atoms with E-state index in [1.807, 2.05) is 78.2 Å². The fraction of sp³-hybridized carbons (Fsp3) is 0.222.